The first-order chi connectivity index (χ1) is 8.04. The number of nitrogens with one attached hydrogen (secondary N) is 1. The zero-order valence-corrected chi connectivity index (χ0v) is 10.1. The Kier molecular flexibility index (Phi) is 3.20. The van der Waals surface area contributed by atoms with Gasteiger partial charge in [-0.05, 0) is 42.8 Å². The number of nitrogens with two attached hydrogens (primary N) is 1. The lowest BCUT2D eigenvalue weighted by Crippen LogP contribution is -1.94. The minimum absolute atomic E-state index is 0.371. The van der Waals surface area contributed by atoms with E-state index >= 15 is 0 Å². The molecular formula is C13H12ClFN2. The second-order valence-electron chi connectivity index (χ2n) is 3.88. The van der Waals surface area contributed by atoms with Crippen LogP contribution in [0.1, 0.15) is 5.56 Å². The van der Waals surface area contributed by atoms with E-state index in [4.69, 9.17) is 17.3 Å². The minimum atomic E-state index is -0.379. The van der Waals surface area contributed by atoms with Crippen LogP contribution < -0.4 is 11.1 Å². The Labute approximate surface area is 104 Å². The summed E-state index contributed by atoms with van der Waals surface area (Å²) in [7, 11) is 0. The summed E-state index contributed by atoms with van der Waals surface area (Å²) in [5, 5.41) is 3.62. The predicted octanol–water partition coefficient (Wildman–Crippen LogP) is 4.11. The monoisotopic (exact) mass is 250 g/mol. The molecule has 2 rings (SSSR count). The van der Waals surface area contributed by atoms with Crippen LogP contribution in [0.3, 0.4) is 0 Å². The van der Waals surface area contributed by atoms with Gasteiger partial charge in [-0.2, -0.15) is 0 Å². The number of nitrogen functional groups attached to an aromatic ring is 1. The van der Waals surface area contributed by atoms with E-state index in [0.717, 1.165) is 11.3 Å². The van der Waals surface area contributed by atoms with Gasteiger partial charge in [0.05, 0.1) is 10.7 Å². The van der Waals surface area contributed by atoms with Crippen molar-refractivity contribution in [2.45, 2.75) is 6.92 Å². The lowest BCUT2D eigenvalue weighted by atomic mass is 10.2. The van der Waals surface area contributed by atoms with Gasteiger partial charge in [-0.1, -0.05) is 17.7 Å². The fourth-order valence-electron chi connectivity index (χ4n) is 1.56. The average molecular weight is 251 g/mol. The van der Waals surface area contributed by atoms with E-state index in [-0.39, 0.29) is 5.82 Å². The molecule has 2 nitrogen and oxygen atoms in total. The molecule has 4 heteroatoms. The van der Waals surface area contributed by atoms with E-state index in [2.05, 4.69) is 5.32 Å². The third-order valence-electron chi connectivity index (χ3n) is 2.32. The maximum absolute atomic E-state index is 13.1. The average Bonchev–Trinajstić information content (AvgIpc) is 2.21. The molecule has 0 aliphatic heterocycles. The summed E-state index contributed by atoms with van der Waals surface area (Å²) >= 11 is 6.07. The molecule has 0 fully saturated rings. The molecule has 0 aliphatic carbocycles. The van der Waals surface area contributed by atoms with Gasteiger partial charge in [0.2, 0.25) is 0 Å². The van der Waals surface area contributed by atoms with Crippen LogP contribution in [0.2, 0.25) is 5.02 Å². The number of rotatable bonds is 2. The zero-order valence-electron chi connectivity index (χ0n) is 9.30. The van der Waals surface area contributed by atoms with Crippen LogP contribution in [-0.2, 0) is 0 Å². The van der Waals surface area contributed by atoms with Crippen molar-refractivity contribution in [1.29, 1.82) is 0 Å². The second kappa shape index (κ2) is 4.63. The Hall–Kier alpha value is -1.74. The van der Waals surface area contributed by atoms with Crippen molar-refractivity contribution in [3.8, 4) is 0 Å². The van der Waals surface area contributed by atoms with E-state index in [9.17, 15) is 4.39 Å². The molecule has 0 amide bonds. The molecule has 0 aromatic heterocycles. The highest BCUT2D eigenvalue weighted by molar-refractivity contribution is 6.33. The Balaban J connectivity index is 2.31. The van der Waals surface area contributed by atoms with Gasteiger partial charge in [0.15, 0.2) is 0 Å². The second-order valence-corrected chi connectivity index (χ2v) is 4.29. The van der Waals surface area contributed by atoms with Crippen LogP contribution in [0.25, 0.3) is 0 Å². The first-order valence-electron chi connectivity index (χ1n) is 5.14. The predicted molar refractivity (Wildman–Crippen MR) is 70.3 cm³/mol. The number of hydrogen-bond donors (Lipinski definition) is 2. The molecule has 0 radical (unpaired) electrons. The minimum Gasteiger partial charge on any atom is -0.399 e. The Bertz CT molecular complexity index is 535. The van der Waals surface area contributed by atoms with Gasteiger partial charge in [0.1, 0.15) is 5.82 Å². The number of halogens is 2. The summed E-state index contributed by atoms with van der Waals surface area (Å²) in [6.07, 6.45) is 0. The summed E-state index contributed by atoms with van der Waals surface area (Å²) in [5.74, 6) is -0.379. The molecule has 88 valence electrons. The van der Waals surface area contributed by atoms with Crippen molar-refractivity contribution >= 4 is 28.7 Å². The van der Waals surface area contributed by atoms with Crippen LogP contribution in [0.4, 0.5) is 21.5 Å². The molecule has 2 aromatic rings. The van der Waals surface area contributed by atoms with Gasteiger partial charge >= 0.3 is 0 Å². The Morgan fingerprint density at radius 1 is 1.18 bits per heavy atom. The van der Waals surface area contributed by atoms with E-state index in [1.807, 2.05) is 25.1 Å². The lowest BCUT2D eigenvalue weighted by molar-refractivity contribution is 0.629. The normalized spacial score (nSPS) is 10.3. The van der Waals surface area contributed by atoms with Gasteiger partial charge in [-0.3, -0.25) is 0 Å². The van der Waals surface area contributed by atoms with Crippen LogP contribution in [0, 0.1) is 12.7 Å². The molecule has 0 heterocycles. The molecule has 0 saturated carbocycles. The van der Waals surface area contributed by atoms with E-state index < -0.39 is 0 Å². The molecular weight excluding hydrogens is 239 g/mol. The molecule has 0 unspecified atom stereocenters. The quantitative estimate of drug-likeness (QED) is 0.787. The molecule has 0 atom stereocenters. The number of benzene rings is 2. The van der Waals surface area contributed by atoms with Gasteiger partial charge in [-0.25, -0.2) is 4.39 Å². The van der Waals surface area contributed by atoms with Crippen LogP contribution >= 0.6 is 11.6 Å². The SMILES string of the molecule is Cc1ccc(Nc2cc(N)cc(F)c2)c(Cl)c1. The number of anilines is 3. The lowest BCUT2D eigenvalue weighted by Gasteiger charge is -2.09. The van der Waals surface area contributed by atoms with Gasteiger partial charge < -0.3 is 11.1 Å². The smallest absolute Gasteiger partial charge is 0.127 e. The topological polar surface area (TPSA) is 38.0 Å². The molecule has 3 N–H and O–H groups in total. The van der Waals surface area contributed by atoms with Gasteiger partial charge in [0, 0.05) is 11.4 Å². The molecule has 0 saturated heterocycles. The molecule has 17 heavy (non-hydrogen) atoms. The fourth-order valence-corrected chi connectivity index (χ4v) is 1.84. The van der Waals surface area contributed by atoms with Crippen molar-refractivity contribution in [2.24, 2.45) is 0 Å². The van der Waals surface area contributed by atoms with Crippen molar-refractivity contribution in [2.75, 3.05) is 11.1 Å². The zero-order chi connectivity index (χ0) is 12.4. The molecule has 0 spiro atoms. The highest BCUT2D eigenvalue weighted by atomic mass is 35.5. The van der Waals surface area contributed by atoms with E-state index in [1.165, 1.54) is 12.1 Å². The summed E-state index contributed by atoms with van der Waals surface area (Å²) < 4.78 is 13.1. The van der Waals surface area contributed by atoms with Crippen molar-refractivity contribution in [3.05, 3.63) is 52.8 Å². The molecule has 0 aliphatic rings. The fraction of sp³-hybridized carbons (Fsp3) is 0.0769. The number of aryl methyl sites for hydroxylation is 1. The number of hydrogen-bond acceptors (Lipinski definition) is 2. The molecule has 0 bridgehead atoms. The largest absolute Gasteiger partial charge is 0.399 e. The van der Waals surface area contributed by atoms with Crippen LogP contribution in [0.5, 0.6) is 0 Å². The maximum atomic E-state index is 13.1. The third-order valence-corrected chi connectivity index (χ3v) is 2.64. The van der Waals surface area contributed by atoms with E-state index in [1.54, 1.807) is 6.07 Å². The van der Waals surface area contributed by atoms with Crippen LogP contribution in [0.15, 0.2) is 36.4 Å². The first-order valence-corrected chi connectivity index (χ1v) is 5.51. The van der Waals surface area contributed by atoms with Crippen molar-refractivity contribution < 1.29 is 4.39 Å². The summed E-state index contributed by atoms with van der Waals surface area (Å²) in [4.78, 5) is 0. The molecule has 2 aromatic carbocycles. The van der Waals surface area contributed by atoms with Gasteiger partial charge in [-0.15, -0.1) is 0 Å². The highest BCUT2D eigenvalue weighted by Gasteiger charge is 2.03. The van der Waals surface area contributed by atoms with Gasteiger partial charge in [0.25, 0.3) is 0 Å². The third kappa shape index (κ3) is 2.88. The summed E-state index contributed by atoms with van der Waals surface area (Å²) in [6, 6.07) is 9.90. The standard InChI is InChI=1S/C13H12ClFN2/c1-8-2-3-13(12(14)4-8)17-11-6-9(15)5-10(16)7-11/h2-7,17H,16H2,1H3. The highest BCUT2D eigenvalue weighted by Crippen LogP contribution is 2.27. The van der Waals surface area contributed by atoms with Crippen molar-refractivity contribution in [1.82, 2.24) is 0 Å². The summed E-state index contributed by atoms with van der Waals surface area (Å²) in [6.45, 7) is 1.95. The van der Waals surface area contributed by atoms with Crippen molar-refractivity contribution in [3.63, 3.8) is 0 Å². The first kappa shape index (κ1) is 11.7. The van der Waals surface area contributed by atoms with Crippen LogP contribution in [-0.4, -0.2) is 0 Å². The summed E-state index contributed by atoms with van der Waals surface area (Å²) in [5.41, 5.74) is 8.30. The Morgan fingerprint density at radius 3 is 2.59 bits per heavy atom. The maximum Gasteiger partial charge on any atom is 0.127 e. The van der Waals surface area contributed by atoms with E-state index in [0.29, 0.717) is 16.4 Å². The Morgan fingerprint density at radius 2 is 1.94 bits per heavy atom.